The Balaban J connectivity index is 1.60. The van der Waals surface area contributed by atoms with Crippen molar-refractivity contribution < 1.29 is 14.3 Å². The Morgan fingerprint density at radius 3 is 2.23 bits per heavy atom. The summed E-state index contributed by atoms with van der Waals surface area (Å²) in [5.41, 5.74) is 1.27. The van der Waals surface area contributed by atoms with Gasteiger partial charge in [-0.25, -0.2) is 9.79 Å². The second kappa shape index (κ2) is 13.4. The SMILES string of the molecule is CCCCN1C=NC(Cc2ccc(Cl)cc2)(OC(=O)OC)C1C1CCC(C(c2ccc(Cl)cc2)N(C)C)CC1. The summed E-state index contributed by atoms with van der Waals surface area (Å²) in [7, 11) is 5.66. The molecule has 0 spiro atoms. The van der Waals surface area contributed by atoms with Gasteiger partial charge in [0.25, 0.3) is 0 Å². The fourth-order valence-electron chi connectivity index (χ4n) is 6.54. The predicted octanol–water partition coefficient (Wildman–Crippen LogP) is 7.64. The molecule has 1 saturated carbocycles. The summed E-state index contributed by atoms with van der Waals surface area (Å²) in [6.07, 6.45) is 8.04. The van der Waals surface area contributed by atoms with Crippen LogP contribution in [0.1, 0.15) is 62.6 Å². The van der Waals surface area contributed by atoms with Crippen LogP contribution in [0.4, 0.5) is 4.79 Å². The van der Waals surface area contributed by atoms with E-state index < -0.39 is 11.9 Å². The third kappa shape index (κ3) is 7.08. The lowest BCUT2D eigenvalue weighted by Crippen LogP contribution is -2.55. The van der Waals surface area contributed by atoms with Crippen LogP contribution in [-0.2, 0) is 15.9 Å². The lowest BCUT2D eigenvalue weighted by Gasteiger charge is -2.45. The summed E-state index contributed by atoms with van der Waals surface area (Å²) in [5.74, 6) is 0.849. The van der Waals surface area contributed by atoms with Gasteiger partial charge in [0.1, 0.15) is 0 Å². The van der Waals surface area contributed by atoms with Crippen LogP contribution in [0, 0.1) is 11.8 Å². The van der Waals surface area contributed by atoms with Gasteiger partial charge < -0.3 is 19.3 Å². The standard InChI is InChI=1S/C31H41Cl2N3O3/c1-5-6-19-36-21-34-31(39-30(37)38-4,20-22-7-15-26(32)16-8-22)29(36)25-11-9-23(10-12-25)28(35(2)3)24-13-17-27(33)18-14-24/h7-8,13-18,21,23,25,28-29H,5-6,9-12,19-20H2,1-4H3. The molecule has 0 N–H and O–H groups in total. The fraction of sp³-hybridized carbons (Fsp3) is 0.548. The van der Waals surface area contributed by atoms with Gasteiger partial charge in [0.2, 0.25) is 5.72 Å². The molecule has 1 aliphatic heterocycles. The van der Waals surface area contributed by atoms with E-state index in [0.717, 1.165) is 55.7 Å². The Kier molecular flexibility index (Phi) is 10.2. The Hall–Kier alpha value is -2.28. The van der Waals surface area contributed by atoms with E-state index in [2.05, 4.69) is 43.0 Å². The van der Waals surface area contributed by atoms with Crippen molar-refractivity contribution in [1.29, 1.82) is 0 Å². The molecule has 2 aliphatic rings. The van der Waals surface area contributed by atoms with Crippen LogP contribution in [0.15, 0.2) is 53.5 Å². The van der Waals surface area contributed by atoms with Crippen molar-refractivity contribution in [3.05, 3.63) is 69.7 Å². The minimum Gasteiger partial charge on any atom is -0.438 e. The minimum atomic E-state index is -1.05. The zero-order valence-corrected chi connectivity index (χ0v) is 25.0. The third-order valence-electron chi connectivity index (χ3n) is 8.29. The predicted molar refractivity (Wildman–Crippen MR) is 159 cm³/mol. The molecule has 4 rings (SSSR count). The average Bonchev–Trinajstić information content (AvgIpc) is 3.27. The quantitative estimate of drug-likeness (QED) is 0.273. The van der Waals surface area contributed by atoms with Gasteiger partial charge in [-0.1, -0.05) is 60.8 Å². The van der Waals surface area contributed by atoms with E-state index in [-0.39, 0.29) is 6.04 Å². The minimum absolute atomic E-state index is 0.0619. The van der Waals surface area contributed by atoms with Crippen molar-refractivity contribution in [2.75, 3.05) is 27.7 Å². The van der Waals surface area contributed by atoms with Gasteiger partial charge in [-0.15, -0.1) is 0 Å². The average molecular weight is 575 g/mol. The zero-order chi connectivity index (χ0) is 28.0. The van der Waals surface area contributed by atoms with E-state index in [4.69, 9.17) is 37.7 Å². The maximum atomic E-state index is 12.6. The van der Waals surface area contributed by atoms with Gasteiger partial charge in [-0.3, -0.25) is 0 Å². The molecule has 0 aromatic heterocycles. The Labute approximate surface area is 243 Å². The summed E-state index contributed by atoms with van der Waals surface area (Å²) in [6.45, 7) is 3.07. The number of ether oxygens (including phenoxy) is 2. The fourth-order valence-corrected chi connectivity index (χ4v) is 6.79. The molecule has 212 valence electrons. The summed E-state index contributed by atoms with van der Waals surface area (Å²) in [6, 6.07) is 16.2. The van der Waals surface area contributed by atoms with E-state index in [9.17, 15) is 4.79 Å². The molecule has 1 fully saturated rings. The molecule has 0 amide bonds. The summed E-state index contributed by atoms with van der Waals surface area (Å²) in [5, 5.41) is 1.43. The third-order valence-corrected chi connectivity index (χ3v) is 8.79. The Morgan fingerprint density at radius 1 is 1.05 bits per heavy atom. The van der Waals surface area contributed by atoms with Crippen molar-refractivity contribution in [3.63, 3.8) is 0 Å². The molecular formula is C31H41Cl2N3O3. The number of hydrogen-bond donors (Lipinski definition) is 0. The highest BCUT2D eigenvalue weighted by Crippen LogP contribution is 2.46. The number of carbonyl (C=O) groups is 1. The molecule has 3 unspecified atom stereocenters. The van der Waals surface area contributed by atoms with Crippen LogP contribution >= 0.6 is 23.2 Å². The number of rotatable bonds is 10. The molecule has 2 aromatic carbocycles. The largest absolute Gasteiger partial charge is 0.510 e. The van der Waals surface area contributed by atoms with Crippen LogP contribution in [0.25, 0.3) is 0 Å². The maximum absolute atomic E-state index is 12.6. The van der Waals surface area contributed by atoms with E-state index in [1.54, 1.807) is 0 Å². The summed E-state index contributed by atoms with van der Waals surface area (Å²) in [4.78, 5) is 22.2. The van der Waals surface area contributed by atoms with E-state index in [1.165, 1.54) is 12.7 Å². The van der Waals surface area contributed by atoms with E-state index in [0.29, 0.717) is 29.3 Å². The lowest BCUT2D eigenvalue weighted by atomic mass is 9.71. The van der Waals surface area contributed by atoms with Crippen LogP contribution in [0.3, 0.4) is 0 Å². The van der Waals surface area contributed by atoms with Crippen molar-refractivity contribution in [2.45, 2.75) is 69.7 Å². The normalized spacial score (nSPS) is 25.6. The first-order valence-corrected chi connectivity index (χ1v) is 14.8. The van der Waals surface area contributed by atoms with Crippen LogP contribution in [-0.4, -0.2) is 61.8 Å². The molecule has 3 atom stereocenters. The number of hydrogen-bond acceptors (Lipinski definition) is 6. The number of unbranched alkanes of at least 4 members (excludes halogenated alkanes) is 1. The van der Waals surface area contributed by atoms with Crippen molar-refractivity contribution in [2.24, 2.45) is 16.8 Å². The highest BCUT2D eigenvalue weighted by atomic mass is 35.5. The Bertz CT molecular complexity index is 1100. The van der Waals surface area contributed by atoms with Crippen LogP contribution < -0.4 is 0 Å². The molecule has 1 heterocycles. The van der Waals surface area contributed by atoms with Gasteiger partial charge >= 0.3 is 6.16 Å². The van der Waals surface area contributed by atoms with Gasteiger partial charge in [-0.2, -0.15) is 0 Å². The first-order valence-electron chi connectivity index (χ1n) is 14.0. The number of carbonyl (C=O) groups excluding carboxylic acids is 1. The lowest BCUT2D eigenvalue weighted by molar-refractivity contribution is -0.0713. The topological polar surface area (TPSA) is 54.4 Å². The van der Waals surface area contributed by atoms with E-state index >= 15 is 0 Å². The maximum Gasteiger partial charge on any atom is 0.510 e. The number of halogens is 2. The molecular weight excluding hydrogens is 533 g/mol. The van der Waals surface area contributed by atoms with Crippen molar-refractivity contribution in [1.82, 2.24) is 9.80 Å². The second-order valence-corrected chi connectivity index (χ2v) is 12.0. The number of nitrogens with zero attached hydrogens (tertiary/aromatic N) is 3. The van der Waals surface area contributed by atoms with E-state index in [1.807, 2.05) is 42.7 Å². The molecule has 39 heavy (non-hydrogen) atoms. The van der Waals surface area contributed by atoms with Gasteiger partial charge in [0.15, 0.2) is 0 Å². The van der Waals surface area contributed by atoms with Gasteiger partial charge in [0.05, 0.1) is 19.5 Å². The van der Waals surface area contributed by atoms with Crippen molar-refractivity contribution in [3.8, 4) is 0 Å². The zero-order valence-electron chi connectivity index (χ0n) is 23.5. The summed E-state index contributed by atoms with van der Waals surface area (Å²) < 4.78 is 11.1. The first kappa shape index (κ1) is 29.7. The first-order chi connectivity index (χ1) is 18.8. The van der Waals surface area contributed by atoms with Gasteiger partial charge in [-0.05, 0) is 93.4 Å². The molecule has 0 bridgehead atoms. The molecule has 0 radical (unpaired) electrons. The number of aliphatic imine (C=N–C) groups is 1. The molecule has 8 heteroatoms. The monoisotopic (exact) mass is 573 g/mol. The highest BCUT2D eigenvalue weighted by Gasteiger charge is 2.53. The number of methoxy groups -OCH3 is 1. The number of benzene rings is 2. The van der Waals surface area contributed by atoms with Crippen LogP contribution in [0.2, 0.25) is 10.0 Å². The highest BCUT2D eigenvalue weighted by molar-refractivity contribution is 6.30. The Morgan fingerprint density at radius 2 is 1.67 bits per heavy atom. The van der Waals surface area contributed by atoms with Crippen molar-refractivity contribution >= 4 is 35.7 Å². The van der Waals surface area contributed by atoms with Crippen LogP contribution in [0.5, 0.6) is 0 Å². The van der Waals surface area contributed by atoms with Gasteiger partial charge in [0, 0.05) is 29.1 Å². The second-order valence-electron chi connectivity index (χ2n) is 11.1. The summed E-state index contributed by atoms with van der Waals surface area (Å²) >= 11 is 12.3. The molecule has 0 saturated heterocycles. The molecule has 1 aliphatic carbocycles. The molecule has 2 aromatic rings. The molecule has 6 nitrogen and oxygen atoms in total. The smallest absolute Gasteiger partial charge is 0.438 e.